The van der Waals surface area contributed by atoms with Gasteiger partial charge in [-0.05, 0) is 30.7 Å². The van der Waals surface area contributed by atoms with Crippen LogP contribution in [0.2, 0.25) is 0 Å². The highest BCUT2D eigenvalue weighted by molar-refractivity contribution is 9.10. The molecule has 0 spiro atoms. The van der Waals surface area contributed by atoms with Crippen molar-refractivity contribution >= 4 is 15.9 Å². The Bertz CT molecular complexity index is 819. The number of halogens is 1. The minimum absolute atomic E-state index is 0.0570. The number of aryl methyl sites for hydroxylation is 1. The second-order valence-electron chi connectivity index (χ2n) is 4.80. The molecule has 0 radical (unpaired) electrons. The molecule has 0 atom stereocenters. The summed E-state index contributed by atoms with van der Waals surface area (Å²) in [4.78, 5) is 16.1. The first-order valence-electron chi connectivity index (χ1n) is 6.49. The summed E-state index contributed by atoms with van der Waals surface area (Å²) in [6.07, 6.45) is 3.43. The summed E-state index contributed by atoms with van der Waals surface area (Å²) in [5, 5.41) is 0. The molecule has 0 fully saturated rings. The van der Waals surface area contributed by atoms with E-state index in [1.54, 1.807) is 23.0 Å². The fourth-order valence-corrected chi connectivity index (χ4v) is 2.28. The van der Waals surface area contributed by atoms with Crippen LogP contribution >= 0.6 is 15.9 Å². The summed E-state index contributed by atoms with van der Waals surface area (Å²) in [6.45, 7) is 2.22. The Morgan fingerprint density at radius 3 is 2.71 bits per heavy atom. The van der Waals surface area contributed by atoms with Crippen LogP contribution in [-0.2, 0) is 6.54 Å². The number of aromatic nitrogens is 2. The molecule has 0 saturated carbocycles. The van der Waals surface area contributed by atoms with Gasteiger partial charge in [0.25, 0.3) is 5.56 Å². The van der Waals surface area contributed by atoms with Crippen molar-refractivity contribution in [3.63, 3.8) is 0 Å². The lowest BCUT2D eigenvalue weighted by molar-refractivity contribution is 0.484. The van der Waals surface area contributed by atoms with Gasteiger partial charge < -0.3 is 8.98 Å². The molecule has 3 rings (SSSR count). The summed E-state index contributed by atoms with van der Waals surface area (Å²) < 4.78 is 8.30. The van der Waals surface area contributed by atoms with Gasteiger partial charge in [-0.15, -0.1) is 0 Å². The number of benzene rings is 1. The maximum Gasteiger partial charge on any atom is 0.251 e. The normalized spacial score (nSPS) is 10.8. The number of hydrogen-bond donors (Lipinski definition) is 0. The van der Waals surface area contributed by atoms with E-state index in [9.17, 15) is 4.79 Å². The molecule has 0 aliphatic heterocycles. The predicted octanol–water partition coefficient (Wildman–Crippen LogP) is 3.62. The molecular formula is C16H13BrN2O2. The van der Waals surface area contributed by atoms with Crippen LogP contribution in [0.25, 0.3) is 11.3 Å². The van der Waals surface area contributed by atoms with E-state index in [4.69, 9.17) is 4.42 Å². The molecule has 5 heteroatoms. The van der Waals surface area contributed by atoms with E-state index in [-0.39, 0.29) is 5.56 Å². The number of oxazole rings is 1. The largest absolute Gasteiger partial charge is 0.439 e. The van der Waals surface area contributed by atoms with E-state index in [2.05, 4.69) is 20.9 Å². The first kappa shape index (κ1) is 13.8. The molecule has 0 aliphatic carbocycles. The summed E-state index contributed by atoms with van der Waals surface area (Å²) in [5.41, 5.74) is 1.84. The fraction of sp³-hybridized carbons (Fsp3) is 0.125. The molecule has 0 N–H and O–H groups in total. The van der Waals surface area contributed by atoms with E-state index in [0.717, 1.165) is 15.6 Å². The quantitative estimate of drug-likeness (QED) is 0.728. The monoisotopic (exact) mass is 344 g/mol. The van der Waals surface area contributed by atoms with Gasteiger partial charge in [0.05, 0.1) is 6.20 Å². The highest BCUT2D eigenvalue weighted by atomic mass is 79.9. The van der Waals surface area contributed by atoms with Gasteiger partial charge in [0.15, 0.2) is 5.76 Å². The molecule has 2 aromatic heterocycles. The molecule has 2 heterocycles. The van der Waals surface area contributed by atoms with Crippen LogP contribution < -0.4 is 5.56 Å². The van der Waals surface area contributed by atoms with Crippen molar-refractivity contribution in [2.45, 2.75) is 13.5 Å². The zero-order chi connectivity index (χ0) is 14.8. The maximum atomic E-state index is 11.8. The topological polar surface area (TPSA) is 48.0 Å². The average Bonchev–Trinajstić information content (AvgIpc) is 2.91. The lowest BCUT2D eigenvalue weighted by Gasteiger charge is -2.02. The first-order chi connectivity index (χ1) is 10.1. The summed E-state index contributed by atoms with van der Waals surface area (Å²) >= 11 is 3.40. The van der Waals surface area contributed by atoms with Crippen molar-refractivity contribution in [3.05, 3.63) is 75.1 Å². The van der Waals surface area contributed by atoms with Crippen molar-refractivity contribution in [3.8, 4) is 11.3 Å². The Kier molecular flexibility index (Phi) is 3.75. The van der Waals surface area contributed by atoms with Gasteiger partial charge >= 0.3 is 0 Å². The van der Waals surface area contributed by atoms with Crippen LogP contribution in [0.3, 0.4) is 0 Å². The molecule has 3 aromatic rings. The summed E-state index contributed by atoms with van der Waals surface area (Å²) in [6, 6.07) is 11.3. The maximum absolute atomic E-state index is 11.8. The van der Waals surface area contributed by atoms with E-state index < -0.39 is 0 Å². The standard InChI is InChI=1S/C16H13BrN2O2/c1-11-6-7-19(16(20)8-11)10-15-18-9-14(21-15)12-2-4-13(17)5-3-12/h2-9H,10H2,1H3. The van der Waals surface area contributed by atoms with Crippen LogP contribution in [0.5, 0.6) is 0 Å². The van der Waals surface area contributed by atoms with E-state index in [1.807, 2.05) is 37.3 Å². The van der Waals surface area contributed by atoms with Crippen molar-refractivity contribution in [1.29, 1.82) is 0 Å². The van der Waals surface area contributed by atoms with Crippen molar-refractivity contribution < 1.29 is 4.42 Å². The number of rotatable bonds is 3. The molecule has 0 aliphatic rings. The summed E-state index contributed by atoms with van der Waals surface area (Å²) in [5.74, 6) is 1.21. The molecule has 0 saturated heterocycles. The van der Waals surface area contributed by atoms with E-state index in [1.165, 1.54) is 0 Å². The third-order valence-corrected chi connectivity index (χ3v) is 3.67. The van der Waals surface area contributed by atoms with Crippen molar-refractivity contribution in [2.75, 3.05) is 0 Å². The van der Waals surface area contributed by atoms with Gasteiger partial charge in [-0.2, -0.15) is 0 Å². The SMILES string of the molecule is Cc1ccn(Cc2ncc(-c3ccc(Br)cc3)o2)c(=O)c1. The Balaban J connectivity index is 1.85. The fourth-order valence-electron chi connectivity index (χ4n) is 2.01. The van der Waals surface area contributed by atoms with E-state index >= 15 is 0 Å². The highest BCUT2D eigenvalue weighted by Gasteiger charge is 2.07. The Hall–Kier alpha value is -2.14. The average molecular weight is 345 g/mol. The number of pyridine rings is 1. The van der Waals surface area contributed by atoms with Gasteiger partial charge in [0.1, 0.15) is 6.54 Å². The smallest absolute Gasteiger partial charge is 0.251 e. The van der Waals surface area contributed by atoms with Crippen LogP contribution in [0.4, 0.5) is 0 Å². The Labute approximate surface area is 130 Å². The Morgan fingerprint density at radius 2 is 2.00 bits per heavy atom. The van der Waals surface area contributed by atoms with Crippen LogP contribution in [-0.4, -0.2) is 9.55 Å². The van der Waals surface area contributed by atoms with Gasteiger partial charge in [-0.25, -0.2) is 4.98 Å². The molecule has 0 amide bonds. The summed E-state index contributed by atoms with van der Waals surface area (Å²) in [7, 11) is 0. The predicted molar refractivity (Wildman–Crippen MR) is 84.2 cm³/mol. The number of nitrogens with zero attached hydrogens (tertiary/aromatic N) is 2. The molecular weight excluding hydrogens is 332 g/mol. The van der Waals surface area contributed by atoms with Crippen LogP contribution in [0, 0.1) is 6.92 Å². The molecule has 0 unspecified atom stereocenters. The second kappa shape index (κ2) is 5.69. The third-order valence-electron chi connectivity index (χ3n) is 3.14. The lowest BCUT2D eigenvalue weighted by Crippen LogP contribution is -2.19. The molecule has 1 aromatic carbocycles. The molecule has 21 heavy (non-hydrogen) atoms. The highest BCUT2D eigenvalue weighted by Crippen LogP contribution is 2.22. The lowest BCUT2D eigenvalue weighted by atomic mass is 10.2. The molecule has 0 bridgehead atoms. The van der Waals surface area contributed by atoms with E-state index in [0.29, 0.717) is 18.2 Å². The zero-order valence-corrected chi connectivity index (χ0v) is 13.0. The minimum Gasteiger partial charge on any atom is -0.439 e. The van der Waals surface area contributed by atoms with Gasteiger partial charge in [0, 0.05) is 22.3 Å². The second-order valence-corrected chi connectivity index (χ2v) is 5.71. The first-order valence-corrected chi connectivity index (χ1v) is 7.29. The van der Waals surface area contributed by atoms with Crippen LogP contribution in [0.1, 0.15) is 11.5 Å². The van der Waals surface area contributed by atoms with Crippen molar-refractivity contribution in [2.24, 2.45) is 0 Å². The number of hydrogen-bond acceptors (Lipinski definition) is 3. The molecule has 4 nitrogen and oxygen atoms in total. The van der Waals surface area contributed by atoms with Crippen LogP contribution in [0.15, 0.2) is 62.5 Å². The van der Waals surface area contributed by atoms with Gasteiger partial charge in [-0.1, -0.05) is 28.1 Å². The zero-order valence-electron chi connectivity index (χ0n) is 11.4. The minimum atomic E-state index is -0.0570. The van der Waals surface area contributed by atoms with Gasteiger partial charge in [-0.3, -0.25) is 4.79 Å². The Morgan fingerprint density at radius 1 is 1.24 bits per heavy atom. The van der Waals surface area contributed by atoms with Crippen molar-refractivity contribution in [1.82, 2.24) is 9.55 Å². The van der Waals surface area contributed by atoms with Gasteiger partial charge in [0.2, 0.25) is 5.89 Å². The molecule has 106 valence electrons. The third kappa shape index (κ3) is 3.13.